The lowest BCUT2D eigenvalue weighted by atomic mass is 10.1. The van der Waals surface area contributed by atoms with Crippen LogP contribution in [0.3, 0.4) is 0 Å². The van der Waals surface area contributed by atoms with E-state index in [2.05, 4.69) is 4.98 Å². The van der Waals surface area contributed by atoms with Crippen molar-refractivity contribution in [1.82, 2.24) is 14.2 Å². The minimum Gasteiger partial charge on any atom is -0.360 e. The maximum atomic E-state index is 12.8. The molecule has 3 aromatic rings. The lowest BCUT2D eigenvalue weighted by Gasteiger charge is -2.33. The fourth-order valence-electron chi connectivity index (χ4n) is 3.51. The van der Waals surface area contributed by atoms with Crippen LogP contribution < -0.4 is 0 Å². The Morgan fingerprint density at radius 2 is 1.68 bits per heavy atom. The van der Waals surface area contributed by atoms with E-state index in [9.17, 15) is 13.2 Å². The van der Waals surface area contributed by atoms with E-state index in [-0.39, 0.29) is 22.2 Å². The first-order valence-corrected chi connectivity index (χ1v) is 10.8. The van der Waals surface area contributed by atoms with Crippen LogP contribution in [0.4, 0.5) is 0 Å². The number of para-hydroxylation sites is 1. The van der Waals surface area contributed by atoms with Crippen molar-refractivity contribution in [3.8, 4) is 0 Å². The smallest absolute Gasteiger partial charge is 0.244 e. The van der Waals surface area contributed by atoms with Crippen molar-refractivity contribution >= 4 is 38.3 Å². The maximum absolute atomic E-state index is 12.8. The van der Waals surface area contributed by atoms with Gasteiger partial charge in [-0.2, -0.15) is 4.31 Å². The van der Waals surface area contributed by atoms with Crippen LogP contribution in [0.25, 0.3) is 10.9 Å². The Kier molecular flexibility index (Phi) is 5.25. The van der Waals surface area contributed by atoms with Gasteiger partial charge in [0.05, 0.1) is 11.6 Å². The number of halogens is 1. The molecule has 0 radical (unpaired) electrons. The third-order valence-corrected chi connectivity index (χ3v) is 7.44. The summed E-state index contributed by atoms with van der Waals surface area (Å²) < 4.78 is 27.1. The van der Waals surface area contributed by atoms with Crippen molar-refractivity contribution in [2.75, 3.05) is 32.7 Å². The van der Waals surface area contributed by atoms with E-state index in [1.165, 1.54) is 10.4 Å². The van der Waals surface area contributed by atoms with Crippen molar-refractivity contribution < 1.29 is 13.2 Å². The summed E-state index contributed by atoms with van der Waals surface area (Å²) in [7, 11) is -3.63. The Hall–Kier alpha value is -2.19. The molecule has 0 unspecified atom stereocenters. The van der Waals surface area contributed by atoms with Crippen LogP contribution in [-0.4, -0.2) is 61.1 Å². The minimum atomic E-state index is -3.63. The average Bonchev–Trinajstić information content (AvgIpc) is 3.13. The molecule has 0 bridgehead atoms. The van der Waals surface area contributed by atoms with E-state index < -0.39 is 10.0 Å². The highest BCUT2D eigenvalue weighted by Crippen LogP contribution is 2.25. The normalized spacial score (nSPS) is 16.5. The molecule has 1 saturated heterocycles. The van der Waals surface area contributed by atoms with E-state index in [0.717, 1.165) is 10.9 Å². The Labute approximate surface area is 168 Å². The number of nitrogens with one attached hydrogen (secondary N) is 1. The summed E-state index contributed by atoms with van der Waals surface area (Å²) in [4.78, 5) is 18.0. The van der Waals surface area contributed by atoms with Gasteiger partial charge in [0.15, 0.2) is 5.78 Å². The largest absolute Gasteiger partial charge is 0.360 e. The van der Waals surface area contributed by atoms with Gasteiger partial charge in [0.1, 0.15) is 4.90 Å². The predicted molar refractivity (Wildman–Crippen MR) is 109 cm³/mol. The maximum Gasteiger partial charge on any atom is 0.244 e. The Morgan fingerprint density at radius 1 is 1.00 bits per heavy atom. The second-order valence-electron chi connectivity index (χ2n) is 6.78. The van der Waals surface area contributed by atoms with Crippen LogP contribution in [0.5, 0.6) is 0 Å². The highest BCUT2D eigenvalue weighted by atomic mass is 35.5. The first-order valence-electron chi connectivity index (χ1n) is 9.03. The topological polar surface area (TPSA) is 73.5 Å². The average molecular weight is 418 g/mol. The second-order valence-corrected chi connectivity index (χ2v) is 9.10. The number of benzene rings is 2. The van der Waals surface area contributed by atoms with Gasteiger partial charge in [-0.15, -0.1) is 0 Å². The zero-order chi connectivity index (χ0) is 19.7. The van der Waals surface area contributed by atoms with Crippen molar-refractivity contribution in [1.29, 1.82) is 0 Å². The molecule has 0 aliphatic carbocycles. The first kappa shape index (κ1) is 19.1. The van der Waals surface area contributed by atoms with Gasteiger partial charge in [-0.1, -0.05) is 41.9 Å². The molecule has 0 amide bonds. The van der Waals surface area contributed by atoms with E-state index in [1.54, 1.807) is 24.4 Å². The number of carbonyl (C=O) groups is 1. The van der Waals surface area contributed by atoms with Crippen LogP contribution in [0.15, 0.2) is 59.6 Å². The van der Waals surface area contributed by atoms with Crippen molar-refractivity contribution in [2.24, 2.45) is 0 Å². The number of nitrogens with zero attached hydrogens (tertiary/aromatic N) is 2. The fraction of sp³-hybridized carbons (Fsp3) is 0.250. The van der Waals surface area contributed by atoms with Gasteiger partial charge in [-0.25, -0.2) is 8.42 Å². The number of aromatic nitrogens is 1. The van der Waals surface area contributed by atoms with Crippen LogP contribution in [0.1, 0.15) is 10.4 Å². The molecular weight excluding hydrogens is 398 g/mol. The monoisotopic (exact) mass is 417 g/mol. The Balaban J connectivity index is 1.42. The van der Waals surface area contributed by atoms with Crippen LogP contribution in [0.2, 0.25) is 5.02 Å². The Morgan fingerprint density at radius 3 is 2.43 bits per heavy atom. The lowest BCUT2D eigenvalue weighted by Crippen LogP contribution is -2.49. The van der Waals surface area contributed by atoms with Crippen molar-refractivity contribution in [2.45, 2.75) is 4.90 Å². The molecular formula is C20H20ClN3O3S. The predicted octanol–water partition coefficient (Wildman–Crippen LogP) is 3.01. The summed E-state index contributed by atoms with van der Waals surface area (Å²) in [5.41, 5.74) is 1.60. The number of aromatic amines is 1. The minimum absolute atomic E-state index is 0.0276. The van der Waals surface area contributed by atoms with E-state index >= 15 is 0 Å². The molecule has 4 rings (SSSR count). The zero-order valence-electron chi connectivity index (χ0n) is 15.1. The standard InChI is InChI=1S/C20H20ClN3O3S/c21-17-6-2-4-8-20(17)28(26,27)24-11-9-23(10-12-24)14-19(25)16-13-22-18-7-3-1-5-15(16)18/h1-8,13,22H,9-12,14H2. The SMILES string of the molecule is O=C(CN1CCN(S(=O)(=O)c2ccccc2Cl)CC1)c1c[nH]c2ccccc12. The van der Waals surface area contributed by atoms with Gasteiger partial charge in [-0.05, 0) is 18.2 Å². The van der Waals surface area contributed by atoms with Gasteiger partial charge < -0.3 is 4.98 Å². The summed E-state index contributed by atoms with van der Waals surface area (Å²) in [6.45, 7) is 1.92. The molecule has 1 aliphatic heterocycles. The van der Waals surface area contributed by atoms with E-state index in [4.69, 9.17) is 11.6 Å². The summed E-state index contributed by atoms with van der Waals surface area (Å²) >= 11 is 6.07. The molecule has 2 heterocycles. The molecule has 8 heteroatoms. The summed E-state index contributed by atoms with van der Waals surface area (Å²) in [6, 6.07) is 14.1. The molecule has 1 fully saturated rings. The second kappa shape index (κ2) is 7.67. The van der Waals surface area contributed by atoms with E-state index in [0.29, 0.717) is 31.7 Å². The third kappa shape index (κ3) is 3.58. The molecule has 6 nitrogen and oxygen atoms in total. The zero-order valence-corrected chi connectivity index (χ0v) is 16.7. The highest BCUT2D eigenvalue weighted by Gasteiger charge is 2.30. The molecule has 0 saturated carbocycles. The number of ketones is 1. The molecule has 0 spiro atoms. The quantitative estimate of drug-likeness (QED) is 0.647. The van der Waals surface area contributed by atoms with Gasteiger partial charge in [0.2, 0.25) is 10.0 Å². The fourth-order valence-corrected chi connectivity index (χ4v) is 5.43. The van der Waals surface area contributed by atoms with Crippen LogP contribution in [0, 0.1) is 0 Å². The molecule has 1 N–H and O–H groups in total. The summed E-state index contributed by atoms with van der Waals surface area (Å²) in [6.07, 6.45) is 1.74. The van der Waals surface area contributed by atoms with Gasteiger partial charge in [0.25, 0.3) is 0 Å². The van der Waals surface area contributed by atoms with Gasteiger partial charge in [0, 0.05) is 48.8 Å². The molecule has 1 aliphatic rings. The number of Topliss-reactive ketones (excluding diaryl/α,β-unsaturated/α-hetero) is 1. The van der Waals surface area contributed by atoms with Gasteiger partial charge in [-0.3, -0.25) is 9.69 Å². The highest BCUT2D eigenvalue weighted by molar-refractivity contribution is 7.89. The molecule has 0 atom stereocenters. The van der Waals surface area contributed by atoms with Gasteiger partial charge >= 0.3 is 0 Å². The lowest BCUT2D eigenvalue weighted by molar-refractivity contribution is 0.0903. The first-order chi connectivity index (χ1) is 13.5. The number of sulfonamides is 1. The van der Waals surface area contributed by atoms with Crippen molar-refractivity contribution in [3.05, 3.63) is 65.3 Å². The van der Waals surface area contributed by atoms with Crippen LogP contribution in [-0.2, 0) is 10.0 Å². The number of piperazine rings is 1. The summed E-state index contributed by atoms with van der Waals surface area (Å²) in [5.74, 6) is 0.0276. The number of H-pyrrole nitrogens is 1. The van der Waals surface area contributed by atoms with E-state index in [1.807, 2.05) is 29.2 Å². The number of carbonyl (C=O) groups excluding carboxylic acids is 1. The summed E-state index contributed by atoms with van der Waals surface area (Å²) in [5, 5.41) is 1.13. The number of hydrogen-bond acceptors (Lipinski definition) is 4. The molecule has 1 aromatic heterocycles. The molecule has 28 heavy (non-hydrogen) atoms. The molecule has 2 aromatic carbocycles. The molecule has 146 valence electrons. The Bertz CT molecular complexity index is 1120. The van der Waals surface area contributed by atoms with Crippen LogP contribution >= 0.6 is 11.6 Å². The number of hydrogen-bond donors (Lipinski definition) is 1. The third-order valence-electron chi connectivity index (χ3n) is 5.04. The number of rotatable bonds is 5. The number of fused-ring (bicyclic) bond motifs is 1. The van der Waals surface area contributed by atoms with Crippen molar-refractivity contribution in [3.63, 3.8) is 0 Å².